The summed E-state index contributed by atoms with van der Waals surface area (Å²) in [6.45, 7) is 3.67. The summed E-state index contributed by atoms with van der Waals surface area (Å²) in [7, 11) is 1.71. The highest BCUT2D eigenvalue weighted by Gasteiger charge is 2.18. The molecule has 1 aliphatic rings. The van der Waals surface area contributed by atoms with Crippen molar-refractivity contribution in [3.63, 3.8) is 0 Å². The number of hydrogen-bond donors (Lipinski definition) is 1. The third kappa shape index (κ3) is 2.46. The Kier molecular flexibility index (Phi) is 3.29. The second kappa shape index (κ2) is 4.29. The van der Waals surface area contributed by atoms with Crippen LogP contribution in [0.1, 0.15) is 26.7 Å². The van der Waals surface area contributed by atoms with Crippen LogP contribution in [0.15, 0.2) is 22.9 Å². The number of amides is 1. The van der Waals surface area contributed by atoms with E-state index in [0.717, 1.165) is 16.8 Å². The van der Waals surface area contributed by atoms with Gasteiger partial charge in [0.15, 0.2) is 0 Å². The topological polar surface area (TPSA) is 57.6 Å². The van der Waals surface area contributed by atoms with Gasteiger partial charge in [0.2, 0.25) is 5.91 Å². The van der Waals surface area contributed by atoms with E-state index in [2.05, 4.69) is 0 Å². The molecule has 1 heterocycles. The van der Waals surface area contributed by atoms with E-state index in [1.165, 1.54) is 0 Å². The minimum Gasteiger partial charge on any atom is -0.481 e. The Morgan fingerprint density at radius 2 is 2.13 bits per heavy atom. The van der Waals surface area contributed by atoms with Gasteiger partial charge in [-0.1, -0.05) is 6.08 Å². The summed E-state index contributed by atoms with van der Waals surface area (Å²) in [5.74, 6) is -0.877. The molecule has 0 spiro atoms. The van der Waals surface area contributed by atoms with Crippen LogP contribution in [0.25, 0.3) is 0 Å². The molecule has 1 aliphatic heterocycles. The fourth-order valence-electron chi connectivity index (χ4n) is 1.54. The Bertz CT molecular complexity index is 366. The van der Waals surface area contributed by atoms with Crippen molar-refractivity contribution in [3.05, 3.63) is 22.9 Å². The first kappa shape index (κ1) is 11.5. The summed E-state index contributed by atoms with van der Waals surface area (Å²) in [6.07, 6.45) is 1.96. The maximum Gasteiger partial charge on any atom is 0.307 e. The van der Waals surface area contributed by atoms with Gasteiger partial charge in [-0.05, 0) is 25.0 Å². The van der Waals surface area contributed by atoms with E-state index in [9.17, 15) is 9.59 Å². The van der Waals surface area contributed by atoms with Crippen molar-refractivity contribution in [2.24, 2.45) is 0 Å². The number of carboxylic acid groups (broad SMARTS) is 1. The SMILES string of the molecule is CC1=C(C)N(C)C(=O)CC=C1CC(=O)O. The summed E-state index contributed by atoms with van der Waals surface area (Å²) in [6, 6.07) is 0. The molecule has 4 nitrogen and oxygen atoms in total. The van der Waals surface area contributed by atoms with E-state index < -0.39 is 5.97 Å². The lowest BCUT2D eigenvalue weighted by Crippen LogP contribution is -2.23. The van der Waals surface area contributed by atoms with Crippen LogP contribution >= 0.6 is 0 Å². The molecular weight excluding hydrogens is 194 g/mol. The number of carbonyl (C=O) groups is 2. The molecule has 0 atom stereocenters. The average molecular weight is 209 g/mol. The Morgan fingerprint density at radius 1 is 1.53 bits per heavy atom. The summed E-state index contributed by atoms with van der Waals surface area (Å²) < 4.78 is 0. The van der Waals surface area contributed by atoms with E-state index >= 15 is 0 Å². The van der Waals surface area contributed by atoms with Gasteiger partial charge in [0.1, 0.15) is 0 Å². The highest BCUT2D eigenvalue weighted by Crippen LogP contribution is 2.23. The minimum atomic E-state index is -0.870. The molecule has 4 heteroatoms. The molecule has 0 fully saturated rings. The molecule has 1 rings (SSSR count). The average Bonchev–Trinajstić information content (AvgIpc) is 2.25. The lowest BCUT2D eigenvalue weighted by atomic mass is 10.0. The van der Waals surface area contributed by atoms with Crippen molar-refractivity contribution < 1.29 is 14.7 Å². The highest BCUT2D eigenvalue weighted by atomic mass is 16.4. The molecule has 0 aromatic rings. The number of carboxylic acids is 1. The van der Waals surface area contributed by atoms with Crippen LogP contribution in [0, 0.1) is 0 Å². The summed E-state index contributed by atoms with van der Waals surface area (Å²) in [5.41, 5.74) is 2.44. The molecule has 0 saturated heterocycles. The normalized spacial score (nSPS) is 17.7. The van der Waals surface area contributed by atoms with Gasteiger partial charge in [0.25, 0.3) is 0 Å². The monoisotopic (exact) mass is 209 g/mol. The first-order chi connectivity index (χ1) is 6.93. The Labute approximate surface area is 88.9 Å². The zero-order chi connectivity index (χ0) is 11.6. The van der Waals surface area contributed by atoms with Crippen LogP contribution in [0.4, 0.5) is 0 Å². The van der Waals surface area contributed by atoms with Gasteiger partial charge in [-0.15, -0.1) is 0 Å². The molecule has 0 saturated carbocycles. The van der Waals surface area contributed by atoms with E-state index in [1.54, 1.807) is 18.0 Å². The summed E-state index contributed by atoms with van der Waals surface area (Å²) in [5, 5.41) is 8.73. The van der Waals surface area contributed by atoms with Gasteiger partial charge in [0.05, 0.1) is 6.42 Å². The van der Waals surface area contributed by atoms with Gasteiger partial charge < -0.3 is 10.0 Å². The fraction of sp³-hybridized carbons (Fsp3) is 0.455. The molecule has 0 unspecified atom stereocenters. The number of aliphatic carboxylic acids is 1. The predicted octanol–water partition coefficient (Wildman–Crippen LogP) is 1.54. The lowest BCUT2D eigenvalue weighted by Gasteiger charge is -2.17. The third-order valence-electron chi connectivity index (χ3n) is 2.77. The number of allylic oxidation sites excluding steroid dienone is 2. The number of hydrogen-bond acceptors (Lipinski definition) is 2. The molecule has 0 aromatic carbocycles. The van der Waals surface area contributed by atoms with E-state index in [-0.39, 0.29) is 18.7 Å². The van der Waals surface area contributed by atoms with E-state index in [0.29, 0.717) is 0 Å². The van der Waals surface area contributed by atoms with Crippen LogP contribution in [0.5, 0.6) is 0 Å². The van der Waals surface area contributed by atoms with Crippen LogP contribution < -0.4 is 0 Å². The molecule has 1 amide bonds. The first-order valence-corrected chi connectivity index (χ1v) is 4.78. The Morgan fingerprint density at radius 3 is 2.67 bits per heavy atom. The van der Waals surface area contributed by atoms with Gasteiger partial charge in [-0.25, -0.2) is 0 Å². The Hall–Kier alpha value is -1.58. The number of nitrogens with zero attached hydrogens (tertiary/aromatic N) is 1. The minimum absolute atomic E-state index is 0.00719. The second-order valence-electron chi connectivity index (χ2n) is 3.67. The van der Waals surface area contributed by atoms with E-state index in [4.69, 9.17) is 5.11 Å². The number of rotatable bonds is 2. The van der Waals surface area contributed by atoms with Crippen LogP contribution in [0.2, 0.25) is 0 Å². The van der Waals surface area contributed by atoms with Gasteiger partial charge in [-0.2, -0.15) is 0 Å². The molecule has 15 heavy (non-hydrogen) atoms. The smallest absolute Gasteiger partial charge is 0.307 e. The molecular formula is C11H15NO3. The molecule has 1 N–H and O–H groups in total. The second-order valence-corrected chi connectivity index (χ2v) is 3.67. The maximum atomic E-state index is 11.5. The van der Waals surface area contributed by atoms with Crippen molar-refractivity contribution in [1.29, 1.82) is 0 Å². The standard InChI is InChI=1S/C11H15NO3/c1-7-8(2)12(3)10(13)5-4-9(7)6-11(14)15/h4H,5-6H2,1-3H3,(H,14,15). The predicted molar refractivity (Wildman–Crippen MR) is 56.1 cm³/mol. The Balaban J connectivity index is 3.06. The van der Waals surface area contributed by atoms with Crippen LogP contribution in [0.3, 0.4) is 0 Å². The highest BCUT2D eigenvalue weighted by molar-refractivity contribution is 5.81. The zero-order valence-corrected chi connectivity index (χ0v) is 9.20. The third-order valence-corrected chi connectivity index (χ3v) is 2.77. The van der Waals surface area contributed by atoms with Gasteiger partial charge in [-0.3, -0.25) is 9.59 Å². The van der Waals surface area contributed by atoms with Crippen molar-refractivity contribution in [2.45, 2.75) is 26.7 Å². The molecule has 82 valence electrons. The zero-order valence-electron chi connectivity index (χ0n) is 9.20. The molecule has 0 aromatic heterocycles. The van der Waals surface area contributed by atoms with Crippen molar-refractivity contribution >= 4 is 11.9 Å². The van der Waals surface area contributed by atoms with Crippen molar-refractivity contribution in [2.75, 3.05) is 7.05 Å². The van der Waals surface area contributed by atoms with Crippen LogP contribution in [-0.4, -0.2) is 28.9 Å². The molecule has 0 bridgehead atoms. The van der Waals surface area contributed by atoms with Crippen molar-refractivity contribution in [1.82, 2.24) is 4.90 Å². The largest absolute Gasteiger partial charge is 0.481 e. The van der Waals surface area contributed by atoms with Crippen LogP contribution in [-0.2, 0) is 9.59 Å². The van der Waals surface area contributed by atoms with E-state index in [1.807, 2.05) is 13.8 Å². The van der Waals surface area contributed by atoms with Gasteiger partial charge >= 0.3 is 5.97 Å². The quantitative estimate of drug-likeness (QED) is 0.750. The maximum absolute atomic E-state index is 11.5. The van der Waals surface area contributed by atoms with Gasteiger partial charge in [0, 0.05) is 19.2 Å². The fourth-order valence-corrected chi connectivity index (χ4v) is 1.54. The first-order valence-electron chi connectivity index (χ1n) is 4.78. The number of carbonyl (C=O) groups excluding carboxylic acids is 1. The summed E-state index contributed by atoms with van der Waals surface area (Å²) in [4.78, 5) is 23.7. The molecule has 0 radical (unpaired) electrons. The molecule has 0 aliphatic carbocycles. The lowest BCUT2D eigenvalue weighted by molar-refractivity contribution is -0.136. The van der Waals surface area contributed by atoms with Crippen molar-refractivity contribution in [3.8, 4) is 0 Å². The summed E-state index contributed by atoms with van der Waals surface area (Å²) >= 11 is 0.